The summed E-state index contributed by atoms with van der Waals surface area (Å²) in [5.74, 6) is 0.749. The molecule has 0 aliphatic carbocycles. The molecule has 24 heavy (non-hydrogen) atoms. The van der Waals surface area contributed by atoms with Gasteiger partial charge in [-0.1, -0.05) is 11.6 Å². The summed E-state index contributed by atoms with van der Waals surface area (Å²) >= 11 is 6.10. The predicted molar refractivity (Wildman–Crippen MR) is 93.3 cm³/mol. The first-order valence-corrected chi connectivity index (χ1v) is 8.17. The van der Waals surface area contributed by atoms with E-state index in [1.165, 1.54) is 0 Å². The van der Waals surface area contributed by atoms with E-state index in [2.05, 4.69) is 20.1 Å². The van der Waals surface area contributed by atoms with Crippen LogP contribution in [0.15, 0.2) is 36.7 Å². The smallest absolute Gasteiger partial charge is 0.159 e. The summed E-state index contributed by atoms with van der Waals surface area (Å²) in [5, 5.41) is 7.59. The second kappa shape index (κ2) is 6.22. The highest BCUT2D eigenvalue weighted by atomic mass is 35.5. The van der Waals surface area contributed by atoms with Crippen molar-refractivity contribution in [2.45, 2.75) is 19.5 Å². The topological polar surface area (TPSA) is 83.7 Å². The zero-order chi connectivity index (χ0) is 16.5. The van der Waals surface area contributed by atoms with Crippen LogP contribution < -0.4 is 5.73 Å². The van der Waals surface area contributed by atoms with Crippen molar-refractivity contribution in [1.29, 1.82) is 0 Å². The van der Waals surface area contributed by atoms with Crippen molar-refractivity contribution >= 4 is 17.3 Å². The minimum atomic E-state index is 0.677. The maximum atomic E-state index is 6.10. The van der Waals surface area contributed by atoms with Crippen molar-refractivity contribution in [1.82, 2.24) is 25.1 Å². The largest absolute Gasteiger partial charge is 0.399 e. The SMILES string of the molecule is Nc1ccc(-c2ncc3c(n2)CCN(Cc2[nH]ncc2Cl)C3)cc1. The Labute approximate surface area is 144 Å². The molecule has 2 aromatic heterocycles. The van der Waals surface area contributed by atoms with E-state index < -0.39 is 0 Å². The fraction of sp³-hybridized carbons (Fsp3) is 0.235. The fourth-order valence-electron chi connectivity index (χ4n) is 2.91. The van der Waals surface area contributed by atoms with Gasteiger partial charge in [0.15, 0.2) is 5.82 Å². The molecule has 0 radical (unpaired) electrons. The number of benzene rings is 1. The Morgan fingerprint density at radius 3 is 2.79 bits per heavy atom. The average Bonchev–Trinajstić information content (AvgIpc) is 3.00. The molecule has 122 valence electrons. The summed E-state index contributed by atoms with van der Waals surface area (Å²) in [6.45, 7) is 2.49. The second-order valence-corrected chi connectivity index (χ2v) is 6.35. The van der Waals surface area contributed by atoms with E-state index in [1.54, 1.807) is 6.20 Å². The van der Waals surface area contributed by atoms with Crippen LogP contribution in [-0.2, 0) is 19.5 Å². The molecule has 1 aliphatic rings. The lowest BCUT2D eigenvalue weighted by atomic mass is 10.1. The van der Waals surface area contributed by atoms with Gasteiger partial charge in [-0.3, -0.25) is 10.00 Å². The number of hydrogen-bond acceptors (Lipinski definition) is 5. The van der Waals surface area contributed by atoms with Crippen LogP contribution in [0.3, 0.4) is 0 Å². The summed E-state index contributed by atoms with van der Waals surface area (Å²) in [7, 11) is 0. The lowest BCUT2D eigenvalue weighted by Gasteiger charge is -2.27. The molecule has 1 aromatic carbocycles. The van der Waals surface area contributed by atoms with Gasteiger partial charge in [0.25, 0.3) is 0 Å². The molecule has 0 spiro atoms. The molecule has 0 saturated heterocycles. The highest BCUT2D eigenvalue weighted by Crippen LogP contribution is 2.23. The van der Waals surface area contributed by atoms with Crippen molar-refractivity contribution < 1.29 is 0 Å². The molecule has 7 heteroatoms. The fourth-order valence-corrected chi connectivity index (χ4v) is 3.06. The standard InChI is InChI=1S/C17H17ClN6/c18-14-8-21-23-16(14)10-24-6-5-15-12(9-24)7-20-17(22-15)11-1-3-13(19)4-2-11/h1-4,7-8H,5-6,9-10,19H2,(H,21,23). The van der Waals surface area contributed by atoms with Crippen LogP contribution >= 0.6 is 11.6 Å². The highest BCUT2D eigenvalue weighted by Gasteiger charge is 2.20. The monoisotopic (exact) mass is 340 g/mol. The van der Waals surface area contributed by atoms with Crippen LogP contribution in [0.25, 0.3) is 11.4 Å². The van der Waals surface area contributed by atoms with Gasteiger partial charge in [0.05, 0.1) is 22.6 Å². The van der Waals surface area contributed by atoms with Crippen molar-refractivity contribution in [3.05, 3.63) is 58.6 Å². The summed E-state index contributed by atoms with van der Waals surface area (Å²) in [6.07, 6.45) is 4.46. The zero-order valence-corrected chi connectivity index (χ0v) is 13.8. The third kappa shape index (κ3) is 2.98. The lowest BCUT2D eigenvalue weighted by molar-refractivity contribution is 0.240. The Morgan fingerprint density at radius 1 is 1.21 bits per heavy atom. The summed E-state index contributed by atoms with van der Waals surface area (Å²) < 4.78 is 0. The molecule has 3 heterocycles. The summed E-state index contributed by atoms with van der Waals surface area (Å²) in [5.41, 5.74) is 10.7. The number of rotatable bonds is 3. The van der Waals surface area contributed by atoms with Gasteiger partial charge in [-0.2, -0.15) is 5.10 Å². The first kappa shape index (κ1) is 15.1. The Hall–Kier alpha value is -2.44. The predicted octanol–water partition coefficient (Wildman–Crippen LogP) is 2.66. The minimum absolute atomic E-state index is 0.677. The average molecular weight is 341 g/mol. The third-order valence-corrected chi connectivity index (χ3v) is 4.55. The van der Waals surface area contributed by atoms with Gasteiger partial charge in [0.1, 0.15) is 0 Å². The first-order chi connectivity index (χ1) is 11.7. The van der Waals surface area contributed by atoms with Gasteiger partial charge in [0.2, 0.25) is 0 Å². The lowest BCUT2D eigenvalue weighted by Crippen LogP contribution is -2.31. The number of halogens is 1. The van der Waals surface area contributed by atoms with E-state index in [4.69, 9.17) is 22.3 Å². The minimum Gasteiger partial charge on any atom is -0.399 e. The molecule has 0 amide bonds. The molecule has 6 nitrogen and oxygen atoms in total. The Kier molecular flexibility index (Phi) is 3.92. The van der Waals surface area contributed by atoms with Crippen LogP contribution in [0.1, 0.15) is 17.0 Å². The number of nitrogens with two attached hydrogens (primary N) is 1. The van der Waals surface area contributed by atoms with Gasteiger partial charge in [-0.15, -0.1) is 0 Å². The van der Waals surface area contributed by atoms with Gasteiger partial charge in [-0.05, 0) is 24.3 Å². The Morgan fingerprint density at radius 2 is 2.04 bits per heavy atom. The van der Waals surface area contributed by atoms with E-state index in [-0.39, 0.29) is 0 Å². The number of fused-ring (bicyclic) bond motifs is 1. The molecule has 1 aliphatic heterocycles. The Balaban J connectivity index is 1.53. The van der Waals surface area contributed by atoms with Crippen LogP contribution in [-0.4, -0.2) is 31.6 Å². The molecule has 0 unspecified atom stereocenters. The van der Waals surface area contributed by atoms with Crippen LogP contribution in [0, 0.1) is 0 Å². The van der Waals surface area contributed by atoms with Crippen molar-refractivity contribution in [2.24, 2.45) is 0 Å². The number of nitrogens with zero attached hydrogens (tertiary/aromatic N) is 4. The first-order valence-electron chi connectivity index (χ1n) is 7.80. The van der Waals surface area contributed by atoms with E-state index in [9.17, 15) is 0 Å². The number of aromatic amines is 1. The maximum Gasteiger partial charge on any atom is 0.159 e. The molecule has 0 saturated carbocycles. The molecule has 3 aromatic rings. The number of nitrogens with one attached hydrogen (secondary N) is 1. The van der Waals surface area contributed by atoms with E-state index in [1.807, 2.05) is 30.5 Å². The normalized spacial score (nSPS) is 14.5. The molecule has 3 N–H and O–H groups in total. The number of aromatic nitrogens is 4. The molecule has 0 bridgehead atoms. The van der Waals surface area contributed by atoms with Gasteiger partial charge >= 0.3 is 0 Å². The van der Waals surface area contributed by atoms with Gasteiger partial charge < -0.3 is 5.73 Å². The molecule has 0 atom stereocenters. The quantitative estimate of drug-likeness (QED) is 0.716. The number of hydrogen-bond donors (Lipinski definition) is 2. The molecule has 4 rings (SSSR count). The van der Waals surface area contributed by atoms with Crippen LogP contribution in [0.4, 0.5) is 5.69 Å². The van der Waals surface area contributed by atoms with Crippen LogP contribution in [0.5, 0.6) is 0 Å². The highest BCUT2D eigenvalue weighted by molar-refractivity contribution is 6.31. The van der Waals surface area contributed by atoms with Gasteiger partial charge in [-0.25, -0.2) is 9.97 Å². The maximum absolute atomic E-state index is 6.10. The van der Waals surface area contributed by atoms with E-state index >= 15 is 0 Å². The number of anilines is 1. The molecule has 0 fully saturated rings. The number of H-pyrrole nitrogens is 1. The van der Waals surface area contributed by atoms with E-state index in [0.717, 1.165) is 60.1 Å². The van der Waals surface area contributed by atoms with E-state index in [0.29, 0.717) is 5.02 Å². The second-order valence-electron chi connectivity index (χ2n) is 5.94. The summed E-state index contributed by atoms with van der Waals surface area (Å²) in [4.78, 5) is 11.6. The number of nitrogen functional groups attached to an aromatic ring is 1. The van der Waals surface area contributed by atoms with Crippen molar-refractivity contribution in [2.75, 3.05) is 12.3 Å². The zero-order valence-electron chi connectivity index (χ0n) is 13.0. The van der Waals surface area contributed by atoms with Gasteiger partial charge in [0, 0.05) is 49.1 Å². The Bertz CT molecular complexity index is 858. The summed E-state index contributed by atoms with van der Waals surface area (Å²) in [6, 6.07) is 7.64. The molecular formula is C17H17ClN6. The van der Waals surface area contributed by atoms with Crippen LogP contribution in [0.2, 0.25) is 5.02 Å². The van der Waals surface area contributed by atoms with Crippen molar-refractivity contribution in [3.8, 4) is 11.4 Å². The molecular weight excluding hydrogens is 324 g/mol. The third-order valence-electron chi connectivity index (χ3n) is 4.23. The van der Waals surface area contributed by atoms with Crippen molar-refractivity contribution in [3.63, 3.8) is 0 Å².